The third-order valence-electron chi connectivity index (χ3n) is 3.06. The quantitative estimate of drug-likeness (QED) is 0.530. The largest absolute Gasteiger partial charge is 0.397 e. The average molecular weight is 252 g/mol. The number of nitrogens with one attached hydrogen (secondary N) is 1. The minimum absolute atomic E-state index is 0.269. The molecular formula is C15H25FN2. The lowest BCUT2D eigenvalue weighted by Gasteiger charge is -2.10. The fraction of sp³-hybridized carbons (Fsp3) is 0.600. The van der Waals surface area contributed by atoms with Gasteiger partial charge in [0.2, 0.25) is 0 Å². The van der Waals surface area contributed by atoms with Gasteiger partial charge in [-0.05, 0) is 24.5 Å². The second-order valence-electron chi connectivity index (χ2n) is 5.23. The van der Waals surface area contributed by atoms with Crippen molar-refractivity contribution >= 4 is 11.4 Å². The molecule has 1 rings (SSSR count). The van der Waals surface area contributed by atoms with Crippen LogP contribution in [0.3, 0.4) is 0 Å². The minimum Gasteiger partial charge on any atom is -0.397 e. The molecule has 0 saturated carbocycles. The molecule has 0 radical (unpaired) electrons. The molecule has 0 bridgehead atoms. The summed E-state index contributed by atoms with van der Waals surface area (Å²) in [6.07, 6.45) is 6.10. The van der Waals surface area contributed by atoms with Crippen LogP contribution in [0.2, 0.25) is 0 Å². The third kappa shape index (κ3) is 5.39. The van der Waals surface area contributed by atoms with Gasteiger partial charge in [-0.15, -0.1) is 0 Å². The molecule has 0 aromatic heterocycles. The number of unbranched alkanes of at least 4 members (excludes halogenated alkanes) is 3. The van der Waals surface area contributed by atoms with Crippen LogP contribution in [-0.2, 0) is 0 Å². The van der Waals surface area contributed by atoms with Gasteiger partial charge in [-0.2, -0.15) is 0 Å². The Morgan fingerprint density at radius 2 is 1.89 bits per heavy atom. The molecule has 3 N–H and O–H groups in total. The minimum atomic E-state index is -0.269. The Morgan fingerprint density at radius 1 is 1.17 bits per heavy atom. The molecule has 1 aromatic rings. The highest BCUT2D eigenvalue weighted by Crippen LogP contribution is 2.21. The smallest absolute Gasteiger partial charge is 0.148 e. The van der Waals surface area contributed by atoms with Gasteiger partial charge in [-0.25, -0.2) is 4.39 Å². The number of halogens is 1. The van der Waals surface area contributed by atoms with E-state index in [1.54, 1.807) is 12.1 Å². The monoisotopic (exact) mass is 252 g/mol. The summed E-state index contributed by atoms with van der Waals surface area (Å²) < 4.78 is 13.4. The van der Waals surface area contributed by atoms with E-state index in [-0.39, 0.29) is 5.82 Å². The highest BCUT2D eigenvalue weighted by Gasteiger charge is 2.04. The molecule has 1 aromatic carbocycles. The number of nitrogens with two attached hydrogens (primary N) is 1. The van der Waals surface area contributed by atoms with E-state index >= 15 is 0 Å². The van der Waals surface area contributed by atoms with E-state index in [4.69, 9.17) is 5.73 Å². The van der Waals surface area contributed by atoms with Crippen molar-refractivity contribution in [2.24, 2.45) is 5.92 Å². The molecule has 0 unspecified atom stereocenters. The summed E-state index contributed by atoms with van der Waals surface area (Å²) in [5, 5.41) is 3.08. The fourth-order valence-electron chi connectivity index (χ4n) is 1.97. The van der Waals surface area contributed by atoms with Gasteiger partial charge >= 0.3 is 0 Å². The molecule has 0 heterocycles. The van der Waals surface area contributed by atoms with E-state index in [0.717, 1.165) is 18.9 Å². The molecule has 0 aliphatic rings. The van der Waals surface area contributed by atoms with Crippen molar-refractivity contribution < 1.29 is 4.39 Å². The highest BCUT2D eigenvalue weighted by molar-refractivity contribution is 5.66. The van der Waals surface area contributed by atoms with E-state index < -0.39 is 0 Å². The summed E-state index contributed by atoms with van der Waals surface area (Å²) in [7, 11) is 0. The first-order valence-electron chi connectivity index (χ1n) is 6.89. The normalized spacial score (nSPS) is 10.9. The molecule has 0 spiro atoms. The third-order valence-corrected chi connectivity index (χ3v) is 3.06. The van der Waals surface area contributed by atoms with Gasteiger partial charge in [0.05, 0.1) is 11.4 Å². The fourth-order valence-corrected chi connectivity index (χ4v) is 1.97. The Balaban J connectivity index is 2.14. The van der Waals surface area contributed by atoms with Crippen molar-refractivity contribution in [2.45, 2.75) is 46.0 Å². The van der Waals surface area contributed by atoms with Crippen LogP contribution >= 0.6 is 0 Å². The van der Waals surface area contributed by atoms with Crippen LogP contribution in [0.1, 0.15) is 46.0 Å². The Hall–Kier alpha value is -1.25. The molecular weight excluding hydrogens is 227 g/mol. The van der Waals surface area contributed by atoms with E-state index in [1.807, 2.05) is 0 Å². The second-order valence-corrected chi connectivity index (χ2v) is 5.23. The van der Waals surface area contributed by atoms with Crippen LogP contribution in [0, 0.1) is 11.7 Å². The van der Waals surface area contributed by atoms with Gasteiger partial charge in [0.1, 0.15) is 5.82 Å². The van der Waals surface area contributed by atoms with Crippen LogP contribution in [0.25, 0.3) is 0 Å². The van der Waals surface area contributed by atoms with Gasteiger partial charge in [-0.3, -0.25) is 0 Å². The van der Waals surface area contributed by atoms with Crippen LogP contribution in [0.15, 0.2) is 18.2 Å². The SMILES string of the molecule is CC(C)CCCCCCNc1c(N)cccc1F. The van der Waals surface area contributed by atoms with Crippen LogP contribution < -0.4 is 11.1 Å². The van der Waals surface area contributed by atoms with Crippen molar-refractivity contribution in [2.75, 3.05) is 17.6 Å². The molecule has 0 fully saturated rings. The second kappa shape index (κ2) is 7.96. The van der Waals surface area contributed by atoms with E-state index in [2.05, 4.69) is 19.2 Å². The molecule has 102 valence electrons. The number of anilines is 2. The van der Waals surface area contributed by atoms with Crippen molar-refractivity contribution in [1.29, 1.82) is 0 Å². The molecule has 0 aliphatic carbocycles. The lowest BCUT2D eigenvalue weighted by Crippen LogP contribution is -2.06. The summed E-state index contributed by atoms with van der Waals surface area (Å²) in [6.45, 7) is 5.29. The molecule has 2 nitrogen and oxygen atoms in total. The number of hydrogen-bond donors (Lipinski definition) is 2. The molecule has 3 heteroatoms. The van der Waals surface area contributed by atoms with Gasteiger partial charge in [0, 0.05) is 6.54 Å². The Morgan fingerprint density at radius 3 is 2.56 bits per heavy atom. The number of para-hydroxylation sites is 1. The first kappa shape index (κ1) is 14.8. The van der Waals surface area contributed by atoms with Gasteiger partial charge in [0.25, 0.3) is 0 Å². The maximum atomic E-state index is 13.4. The zero-order valence-corrected chi connectivity index (χ0v) is 11.5. The van der Waals surface area contributed by atoms with E-state index in [1.165, 1.54) is 31.7 Å². The van der Waals surface area contributed by atoms with Crippen molar-refractivity contribution in [3.8, 4) is 0 Å². The first-order chi connectivity index (χ1) is 8.61. The van der Waals surface area contributed by atoms with E-state index in [9.17, 15) is 4.39 Å². The van der Waals surface area contributed by atoms with Crippen LogP contribution in [0.5, 0.6) is 0 Å². The lowest BCUT2D eigenvalue weighted by atomic mass is 10.0. The molecule has 0 atom stereocenters. The van der Waals surface area contributed by atoms with Crippen LogP contribution in [-0.4, -0.2) is 6.54 Å². The summed E-state index contributed by atoms with van der Waals surface area (Å²) in [4.78, 5) is 0. The first-order valence-corrected chi connectivity index (χ1v) is 6.89. The topological polar surface area (TPSA) is 38.0 Å². The Bertz CT molecular complexity index is 330. The Kier molecular flexibility index (Phi) is 6.55. The van der Waals surface area contributed by atoms with Crippen molar-refractivity contribution in [3.63, 3.8) is 0 Å². The number of rotatable bonds is 8. The van der Waals surface area contributed by atoms with E-state index in [0.29, 0.717) is 11.4 Å². The molecule has 0 aliphatic heterocycles. The van der Waals surface area contributed by atoms with Crippen molar-refractivity contribution in [1.82, 2.24) is 0 Å². The Labute approximate surface area is 110 Å². The average Bonchev–Trinajstić information content (AvgIpc) is 2.30. The zero-order chi connectivity index (χ0) is 13.4. The van der Waals surface area contributed by atoms with Crippen molar-refractivity contribution in [3.05, 3.63) is 24.0 Å². The van der Waals surface area contributed by atoms with Gasteiger partial charge < -0.3 is 11.1 Å². The summed E-state index contributed by atoms with van der Waals surface area (Å²) in [6, 6.07) is 4.77. The molecule has 0 saturated heterocycles. The predicted molar refractivity (Wildman–Crippen MR) is 77.2 cm³/mol. The standard InChI is InChI=1S/C15H25FN2/c1-12(2)8-5-3-4-6-11-18-15-13(16)9-7-10-14(15)17/h7,9-10,12,18H,3-6,8,11,17H2,1-2H3. The number of hydrogen-bond acceptors (Lipinski definition) is 2. The van der Waals surface area contributed by atoms with Gasteiger partial charge in [-0.1, -0.05) is 45.6 Å². The van der Waals surface area contributed by atoms with Gasteiger partial charge in [0.15, 0.2) is 0 Å². The molecule has 0 amide bonds. The lowest BCUT2D eigenvalue weighted by molar-refractivity contribution is 0.522. The summed E-state index contributed by atoms with van der Waals surface area (Å²) >= 11 is 0. The predicted octanol–water partition coefficient (Wildman–Crippen LogP) is 4.43. The summed E-state index contributed by atoms with van der Waals surface area (Å²) in [5.41, 5.74) is 6.64. The summed E-state index contributed by atoms with van der Waals surface area (Å²) in [5.74, 6) is 0.524. The van der Waals surface area contributed by atoms with Crippen LogP contribution in [0.4, 0.5) is 15.8 Å². The zero-order valence-electron chi connectivity index (χ0n) is 11.5. The maximum absolute atomic E-state index is 13.4. The number of benzene rings is 1. The maximum Gasteiger partial charge on any atom is 0.148 e. The number of nitrogen functional groups attached to an aromatic ring is 1. The highest BCUT2D eigenvalue weighted by atomic mass is 19.1. The molecule has 18 heavy (non-hydrogen) atoms.